The minimum atomic E-state index is -0.0364. The molecule has 0 N–H and O–H groups in total. The van der Waals surface area contributed by atoms with Crippen molar-refractivity contribution in [2.45, 2.75) is 4.90 Å². The van der Waals surface area contributed by atoms with Crippen molar-refractivity contribution in [3.05, 3.63) is 71.4 Å². The quantitative estimate of drug-likeness (QED) is 0.635. The molecule has 3 aromatic rings. The van der Waals surface area contributed by atoms with Crippen LogP contribution in [0.5, 0.6) is 0 Å². The van der Waals surface area contributed by atoms with Gasteiger partial charge in [-0.2, -0.15) is 0 Å². The number of halogens is 1. The van der Waals surface area contributed by atoms with Crippen LogP contribution in [0.15, 0.2) is 65.7 Å². The third kappa shape index (κ3) is 2.69. The van der Waals surface area contributed by atoms with Gasteiger partial charge in [0, 0.05) is 27.1 Å². The number of benzene rings is 2. The molecule has 0 fully saturated rings. The molecule has 0 atom stereocenters. The third-order valence-electron chi connectivity index (χ3n) is 2.86. The molecular formula is C16H10ClNOS. The Morgan fingerprint density at radius 2 is 1.85 bits per heavy atom. The SMILES string of the molecule is O=C(Sc1cccc2cccnc12)c1cccc(Cl)c1. The summed E-state index contributed by atoms with van der Waals surface area (Å²) in [4.78, 5) is 17.5. The maximum Gasteiger partial charge on any atom is 0.224 e. The lowest BCUT2D eigenvalue weighted by molar-refractivity contribution is 0.108. The number of para-hydroxylation sites is 1. The molecule has 0 aliphatic heterocycles. The van der Waals surface area contributed by atoms with Crippen LogP contribution in [0.25, 0.3) is 10.9 Å². The van der Waals surface area contributed by atoms with Crippen molar-refractivity contribution in [1.29, 1.82) is 0 Å². The van der Waals surface area contributed by atoms with E-state index < -0.39 is 0 Å². The van der Waals surface area contributed by atoms with Crippen molar-refractivity contribution >= 4 is 39.4 Å². The van der Waals surface area contributed by atoms with Gasteiger partial charge in [0.05, 0.1) is 5.52 Å². The molecule has 0 aliphatic rings. The highest BCUT2D eigenvalue weighted by atomic mass is 35.5. The fourth-order valence-electron chi connectivity index (χ4n) is 1.93. The van der Waals surface area contributed by atoms with E-state index in [2.05, 4.69) is 4.98 Å². The van der Waals surface area contributed by atoms with Crippen LogP contribution in [0.3, 0.4) is 0 Å². The van der Waals surface area contributed by atoms with Crippen LogP contribution in [0.4, 0.5) is 0 Å². The van der Waals surface area contributed by atoms with E-state index in [4.69, 9.17) is 11.6 Å². The summed E-state index contributed by atoms with van der Waals surface area (Å²) >= 11 is 7.09. The Morgan fingerprint density at radius 3 is 2.70 bits per heavy atom. The first-order valence-corrected chi connectivity index (χ1v) is 7.25. The monoisotopic (exact) mass is 299 g/mol. The number of hydrogen-bond acceptors (Lipinski definition) is 3. The van der Waals surface area contributed by atoms with Crippen LogP contribution in [0.2, 0.25) is 5.02 Å². The fourth-order valence-corrected chi connectivity index (χ4v) is 2.98. The highest BCUT2D eigenvalue weighted by molar-refractivity contribution is 8.14. The predicted molar refractivity (Wildman–Crippen MR) is 83.4 cm³/mol. The van der Waals surface area contributed by atoms with E-state index in [1.165, 1.54) is 11.8 Å². The molecule has 0 amide bonds. The van der Waals surface area contributed by atoms with Gasteiger partial charge in [0.15, 0.2) is 0 Å². The minimum Gasteiger partial charge on any atom is -0.281 e. The standard InChI is InChI=1S/C16H10ClNOS/c17-13-7-1-5-12(10-13)16(19)20-14-8-2-4-11-6-3-9-18-15(11)14/h1-10H. The molecule has 0 saturated heterocycles. The van der Waals surface area contributed by atoms with Crippen molar-refractivity contribution < 1.29 is 4.79 Å². The number of hydrogen-bond donors (Lipinski definition) is 0. The molecular weight excluding hydrogens is 290 g/mol. The number of carbonyl (C=O) groups is 1. The second-order valence-electron chi connectivity index (χ2n) is 4.23. The summed E-state index contributed by atoms with van der Waals surface area (Å²) in [6, 6.07) is 16.7. The van der Waals surface area contributed by atoms with Crippen LogP contribution < -0.4 is 0 Å². The molecule has 0 saturated carbocycles. The van der Waals surface area contributed by atoms with Gasteiger partial charge in [0.25, 0.3) is 0 Å². The first-order chi connectivity index (χ1) is 9.74. The Morgan fingerprint density at radius 1 is 1.05 bits per heavy atom. The molecule has 2 aromatic carbocycles. The lowest BCUT2D eigenvalue weighted by Crippen LogP contribution is -1.93. The van der Waals surface area contributed by atoms with Gasteiger partial charge in [-0.3, -0.25) is 9.78 Å². The van der Waals surface area contributed by atoms with Gasteiger partial charge in [-0.25, -0.2) is 0 Å². The minimum absolute atomic E-state index is 0.0364. The average Bonchev–Trinajstić information content (AvgIpc) is 2.47. The molecule has 1 aromatic heterocycles. The van der Waals surface area contributed by atoms with Gasteiger partial charge < -0.3 is 0 Å². The van der Waals surface area contributed by atoms with Crippen molar-refractivity contribution in [1.82, 2.24) is 4.98 Å². The fraction of sp³-hybridized carbons (Fsp3) is 0. The lowest BCUT2D eigenvalue weighted by atomic mass is 10.2. The summed E-state index contributed by atoms with van der Waals surface area (Å²) in [5, 5.41) is 1.55. The molecule has 1 heterocycles. The number of rotatable bonds is 2. The molecule has 2 nitrogen and oxygen atoms in total. The van der Waals surface area contributed by atoms with Gasteiger partial charge in [0.2, 0.25) is 5.12 Å². The molecule has 0 aliphatic carbocycles. The average molecular weight is 300 g/mol. The Balaban J connectivity index is 1.95. The van der Waals surface area contributed by atoms with Crippen molar-refractivity contribution in [2.75, 3.05) is 0 Å². The number of carbonyl (C=O) groups excluding carboxylic acids is 1. The smallest absolute Gasteiger partial charge is 0.224 e. The zero-order valence-corrected chi connectivity index (χ0v) is 12.0. The summed E-state index contributed by atoms with van der Waals surface area (Å²) in [5.41, 5.74) is 1.44. The van der Waals surface area contributed by atoms with E-state index in [0.717, 1.165) is 15.8 Å². The van der Waals surface area contributed by atoms with Crippen LogP contribution >= 0.6 is 23.4 Å². The van der Waals surface area contributed by atoms with Crippen molar-refractivity contribution in [3.8, 4) is 0 Å². The van der Waals surface area contributed by atoms with Gasteiger partial charge in [-0.15, -0.1) is 0 Å². The topological polar surface area (TPSA) is 30.0 Å². The normalized spacial score (nSPS) is 10.7. The highest BCUT2D eigenvalue weighted by Crippen LogP contribution is 2.29. The molecule has 0 spiro atoms. The van der Waals surface area contributed by atoms with Crippen LogP contribution in [-0.4, -0.2) is 10.1 Å². The second-order valence-corrected chi connectivity index (χ2v) is 5.68. The molecule has 0 bridgehead atoms. The Hall–Kier alpha value is -1.84. The maximum atomic E-state index is 12.3. The van der Waals surface area contributed by atoms with Crippen LogP contribution in [0.1, 0.15) is 10.4 Å². The highest BCUT2D eigenvalue weighted by Gasteiger charge is 2.11. The second kappa shape index (κ2) is 5.65. The molecule has 0 radical (unpaired) electrons. The third-order valence-corrected chi connectivity index (χ3v) is 4.06. The largest absolute Gasteiger partial charge is 0.281 e. The van der Waals surface area contributed by atoms with E-state index in [-0.39, 0.29) is 5.12 Å². The van der Waals surface area contributed by atoms with Gasteiger partial charge in [0.1, 0.15) is 0 Å². The summed E-state index contributed by atoms with van der Waals surface area (Å²) in [6.07, 6.45) is 1.73. The van der Waals surface area contributed by atoms with E-state index in [1.807, 2.05) is 30.3 Å². The summed E-state index contributed by atoms with van der Waals surface area (Å²) in [7, 11) is 0. The van der Waals surface area contributed by atoms with E-state index in [9.17, 15) is 4.79 Å². The Labute approximate surface area is 125 Å². The maximum absolute atomic E-state index is 12.3. The number of aromatic nitrogens is 1. The molecule has 3 rings (SSSR count). The van der Waals surface area contributed by atoms with Crippen molar-refractivity contribution in [2.24, 2.45) is 0 Å². The Bertz CT molecular complexity index is 783. The Kier molecular flexibility index (Phi) is 3.72. The molecule has 0 unspecified atom stereocenters. The predicted octanol–water partition coefficient (Wildman–Crippen LogP) is 4.82. The summed E-state index contributed by atoms with van der Waals surface area (Å²) in [5.74, 6) is 0. The molecule has 4 heteroatoms. The zero-order valence-electron chi connectivity index (χ0n) is 10.4. The number of nitrogens with zero attached hydrogens (tertiary/aromatic N) is 1. The number of fused-ring (bicyclic) bond motifs is 1. The summed E-state index contributed by atoms with van der Waals surface area (Å²) in [6.45, 7) is 0. The first kappa shape index (κ1) is 13.2. The van der Waals surface area contributed by atoms with Crippen molar-refractivity contribution in [3.63, 3.8) is 0 Å². The summed E-state index contributed by atoms with van der Waals surface area (Å²) < 4.78 is 0. The van der Waals surface area contributed by atoms with Gasteiger partial charge in [-0.1, -0.05) is 41.9 Å². The number of thioether (sulfide) groups is 1. The zero-order chi connectivity index (χ0) is 13.9. The van der Waals surface area contributed by atoms with E-state index in [0.29, 0.717) is 10.6 Å². The number of pyridine rings is 1. The lowest BCUT2D eigenvalue weighted by Gasteiger charge is -2.04. The van der Waals surface area contributed by atoms with Crippen LogP contribution in [0, 0.1) is 0 Å². The van der Waals surface area contributed by atoms with Gasteiger partial charge in [-0.05, 0) is 36.0 Å². The van der Waals surface area contributed by atoms with E-state index >= 15 is 0 Å². The molecule has 98 valence electrons. The van der Waals surface area contributed by atoms with Crippen LogP contribution in [-0.2, 0) is 0 Å². The van der Waals surface area contributed by atoms with Gasteiger partial charge >= 0.3 is 0 Å². The van der Waals surface area contributed by atoms with E-state index in [1.54, 1.807) is 30.5 Å². The first-order valence-electron chi connectivity index (χ1n) is 6.05. The molecule has 20 heavy (non-hydrogen) atoms.